The molecule has 0 aromatic heterocycles. The van der Waals surface area contributed by atoms with Gasteiger partial charge in [-0.1, -0.05) is 37.3 Å². The number of hydrogen-bond acceptors (Lipinski definition) is 2. The van der Waals surface area contributed by atoms with Crippen molar-refractivity contribution in [2.45, 2.75) is 19.4 Å². The van der Waals surface area contributed by atoms with Crippen LogP contribution in [0.25, 0.3) is 10.8 Å². The molecule has 0 aliphatic rings. The van der Waals surface area contributed by atoms with Crippen LogP contribution in [-0.2, 0) is 4.79 Å². The van der Waals surface area contributed by atoms with Gasteiger partial charge in [-0.2, -0.15) is 0 Å². The molecule has 3 heteroatoms. The van der Waals surface area contributed by atoms with E-state index in [9.17, 15) is 4.79 Å². The predicted octanol–water partition coefficient (Wildman–Crippen LogP) is 2.48. The van der Waals surface area contributed by atoms with Crippen molar-refractivity contribution < 1.29 is 9.53 Å². The van der Waals surface area contributed by atoms with E-state index in [2.05, 4.69) is 0 Å². The first-order chi connectivity index (χ1) is 8.20. The van der Waals surface area contributed by atoms with E-state index in [1.54, 1.807) is 0 Å². The number of rotatable bonds is 4. The van der Waals surface area contributed by atoms with Crippen LogP contribution in [0.4, 0.5) is 0 Å². The zero-order valence-electron chi connectivity index (χ0n) is 9.72. The maximum Gasteiger partial charge on any atom is 0.258 e. The van der Waals surface area contributed by atoms with Crippen LogP contribution < -0.4 is 10.5 Å². The molecular weight excluding hydrogens is 214 g/mol. The molecule has 3 nitrogen and oxygen atoms in total. The van der Waals surface area contributed by atoms with Crippen molar-refractivity contribution in [2.75, 3.05) is 0 Å². The van der Waals surface area contributed by atoms with Gasteiger partial charge >= 0.3 is 0 Å². The highest BCUT2D eigenvalue weighted by molar-refractivity contribution is 5.84. The largest absolute Gasteiger partial charge is 0.481 e. The van der Waals surface area contributed by atoms with Crippen molar-refractivity contribution in [1.29, 1.82) is 0 Å². The Morgan fingerprint density at radius 3 is 2.59 bits per heavy atom. The van der Waals surface area contributed by atoms with Gasteiger partial charge < -0.3 is 10.5 Å². The summed E-state index contributed by atoms with van der Waals surface area (Å²) in [6.07, 6.45) is 0.0125. The summed E-state index contributed by atoms with van der Waals surface area (Å²) in [7, 11) is 0. The lowest BCUT2D eigenvalue weighted by Gasteiger charge is -2.14. The van der Waals surface area contributed by atoms with Crippen molar-refractivity contribution >= 4 is 16.7 Å². The van der Waals surface area contributed by atoms with E-state index in [-0.39, 0.29) is 0 Å². The first kappa shape index (κ1) is 11.5. The van der Waals surface area contributed by atoms with Gasteiger partial charge in [0.05, 0.1) is 0 Å². The van der Waals surface area contributed by atoms with Crippen LogP contribution in [0.5, 0.6) is 5.75 Å². The standard InChI is InChI=1S/C14H15NO2/c1-2-13(14(15)16)17-12-8-7-10-5-3-4-6-11(10)9-12/h3-9,13H,2H2,1H3,(H2,15,16). The lowest BCUT2D eigenvalue weighted by Crippen LogP contribution is -2.32. The molecule has 1 amide bonds. The number of carbonyl (C=O) groups is 1. The molecule has 0 aliphatic carbocycles. The molecule has 17 heavy (non-hydrogen) atoms. The third-order valence-electron chi connectivity index (χ3n) is 2.69. The monoisotopic (exact) mass is 229 g/mol. The van der Waals surface area contributed by atoms with Crippen molar-refractivity contribution in [2.24, 2.45) is 5.73 Å². The van der Waals surface area contributed by atoms with Gasteiger partial charge in [-0.05, 0) is 29.3 Å². The molecule has 0 aliphatic heterocycles. The molecule has 88 valence electrons. The highest BCUT2D eigenvalue weighted by atomic mass is 16.5. The van der Waals surface area contributed by atoms with Crippen LogP contribution in [0.3, 0.4) is 0 Å². The van der Waals surface area contributed by atoms with Gasteiger partial charge in [0.2, 0.25) is 0 Å². The summed E-state index contributed by atoms with van der Waals surface area (Å²) in [5.41, 5.74) is 5.24. The van der Waals surface area contributed by atoms with E-state index >= 15 is 0 Å². The Morgan fingerprint density at radius 1 is 1.24 bits per heavy atom. The molecule has 0 saturated heterocycles. The highest BCUT2D eigenvalue weighted by Gasteiger charge is 2.14. The summed E-state index contributed by atoms with van der Waals surface area (Å²) in [5, 5.41) is 2.23. The van der Waals surface area contributed by atoms with Gasteiger partial charge in [0.1, 0.15) is 5.75 Å². The molecule has 0 spiro atoms. The number of fused-ring (bicyclic) bond motifs is 1. The minimum atomic E-state index is -0.559. The molecule has 0 radical (unpaired) electrons. The lowest BCUT2D eigenvalue weighted by molar-refractivity contribution is -0.124. The molecule has 0 fully saturated rings. The number of amides is 1. The summed E-state index contributed by atoms with van der Waals surface area (Å²) < 4.78 is 5.56. The number of benzene rings is 2. The highest BCUT2D eigenvalue weighted by Crippen LogP contribution is 2.21. The maximum absolute atomic E-state index is 11.1. The Bertz CT molecular complexity index is 536. The molecule has 1 unspecified atom stereocenters. The first-order valence-electron chi connectivity index (χ1n) is 5.65. The lowest BCUT2D eigenvalue weighted by atomic mass is 10.1. The van der Waals surface area contributed by atoms with Gasteiger partial charge in [0, 0.05) is 0 Å². The summed E-state index contributed by atoms with van der Waals surface area (Å²) in [6.45, 7) is 1.87. The Kier molecular flexibility index (Phi) is 3.28. The summed E-state index contributed by atoms with van der Waals surface area (Å²) in [4.78, 5) is 11.1. The number of ether oxygens (including phenoxy) is 1. The Morgan fingerprint density at radius 2 is 1.94 bits per heavy atom. The van der Waals surface area contributed by atoms with E-state index < -0.39 is 12.0 Å². The average molecular weight is 229 g/mol. The topological polar surface area (TPSA) is 52.3 Å². The van der Waals surface area contributed by atoms with Gasteiger partial charge in [-0.25, -0.2) is 0 Å². The van der Waals surface area contributed by atoms with Crippen LogP contribution in [0.2, 0.25) is 0 Å². The van der Waals surface area contributed by atoms with Gasteiger partial charge in [-0.15, -0.1) is 0 Å². The first-order valence-corrected chi connectivity index (χ1v) is 5.65. The Balaban J connectivity index is 2.27. The molecule has 0 heterocycles. The van der Waals surface area contributed by atoms with E-state index in [1.165, 1.54) is 0 Å². The van der Waals surface area contributed by atoms with Crippen LogP contribution >= 0.6 is 0 Å². The van der Waals surface area contributed by atoms with Gasteiger partial charge in [-0.3, -0.25) is 4.79 Å². The van der Waals surface area contributed by atoms with Gasteiger partial charge in [0.15, 0.2) is 6.10 Å². The Labute approximate surface area is 100 Å². The molecule has 2 aromatic carbocycles. The molecule has 0 bridgehead atoms. The number of carbonyl (C=O) groups excluding carboxylic acids is 1. The minimum Gasteiger partial charge on any atom is -0.481 e. The predicted molar refractivity (Wildman–Crippen MR) is 67.8 cm³/mol. The van der Waals surface area contributed by atoms with Crippen molar-refractivity contribution in [3.8, 4) is 5.75 Å². The zero-order valence-corrected chi connectivity index (χ0v) is 9.72. The van der Waals surface area contributed by atoms with Crippen LogP contribution in [0.15, 0.2) is 42.5 Å². The fraction of sp³-hybridized carbons (Fsp3) is 0.214. The SMILES string of the molecule is CCC(Oc1ccc2ccccc2c1)C(N)=O. The van der Waals surface area contributed by atoms with Crippen molar-refractivity contribution in [3.63, 3.8) is 0 Å². The fourth-order valence-corrected chi connectivity index (χ4v) is 1.75. The molecule has 1 atom stereocenters. The zero-order chi connectivity index (χ0) is 12.3. The smallest absolute Gasteiger partial charge is 0.258 e. The van der Waals surface area contributed by atoms with E-state index in [4.69, 9.17) is 10.5 Å². The van der Waals surface area contributed by atoms with Gasteiger partial charge in [0.25, 0.3) is 5.91 Å². The Hall–Kier alpha value is -2.03. The van der Waals surface area contributed by atoms with E-state index in [0.29, 0.717) is 12.2 Å². The second-order valence-corrected chi connectivity index (χ2v) is 3.93. The van der Waals surface area contributed by atoms with E-state index in [0.717, 1.165) is 10.8 Å². The van der Waals surface area contributed by atoms with E-state index in [1.807, 2.05) is 49.4 Å². The van der Waals surface area contributed by atoms with Crippen molar-refractivity contribution in [3.05, 3.63) is 42.5 Å². The third kappa shape index (κ3) is 2.56. The second-order valence-electron chi connectivity index (χ2n) is 3.93. The third-order valence-corrected chi connectivity index (χ3v) is 2.69. The summed E-state index contributed by atoms with van der Waals surface area (Å²) in [6, 6.07) is 13.7. The van der Waals surface area contributed by atoms with Crippen molar-refractivity contribution in [1.82, 2.24) is 0 Å². The number of nitrogens with two attached hydrogens (primary N) is 1. The average Bonchev–Trinajstić information content (AvgIpc) is 2.35. The normalized spacial score (nSPS) is 12.3. The molecule has 0 saturated carbocycles. The minimum absolute atomic E-state index is 0.430. The molecular formula is C14H15NO2. The molecule has 2 rings (SSSR count). The number of primary amides is 1. The fourth-order valence-electron chi connectivity index (χ4n) is 1.75. The molecule has 2 aromatic rings. The van der Waals surface area contributed by atoms with Crippen LogP contribution in [-0.4, -0.2) is 12.0 Å². The van der Waals surface area contributed by atoms with Crippen LogP contribution in [0.1, 0.15) is 13.3 Å². The molecule has 2 N–H and O–H groups in total. The maximum atomic E-state index is 11.1. The van der Waals surface area contributed by atoms with Crippen LogP contribution in [0, 0.1) is 0 Å². The second kappa shape index (κ2) is 4.87. The summed E-state index contributed by atoms with van der Waals surface area (Å²) in [5.74, 6) is 0.245. The quantitative estimate of drug-likeness (QED) is 0.875. The number of hydrogen-bond donors (Lipinski definition) is 1. The summed E-state index contributed by atoms with van der Waals surface area (Å²) >= 11 is 0.